The van der Waals surface area contributed by atoms with Crippen LogP contribution >= 0.6 is 0 Å². The zero-order chi connectivity index (χ0) is 15.5. The number of benzene rings is 1. The van der Waals surface area contributed by atoms with E-state index in [9.17, 15) is 9.90 Å². The average molecular weight is 296 g/mol. The predicted molar refractivity (Wildman–Crippen MR) is 80.4 cm³/mol. The monoisotopic (exact) mass is 296 g/mol. The van der Waals surface area contributed by atoms with Crippen molar-refractivity contribution in [1.82, 2.24) is 5.32 Å². The van der Waals surface area contributed by atoms with Crippen molar-refractivity contribution in [2.24, 2.45) is 5.73 Å². The minimum absolute atomic E-state index is 0.189. The maximum Gasteiger partial charge on any atom is 0.217 e. The molecule has 118 valence electrons. The molecular weight excluding hydrogens is 272 g/mol. The summed E-state index contributed by atoms with van der Waals surface area (Å²) < 4.78 is 10.7. The second-order valence-electron chi connectivity index (χ2n) is 4.74. The number of carbonyl (C=O) groups is 1. The number of hydrogen-bond donors (Lipinski definition) is 3. The summed E-state index contributed by atoms with van der Waals surface area (Å²) in [7, 11) is 1.58. The molecule has 0 fully saturated rings. The Kier molecular flexibility index (Phi) is 8.23. The van der Waals surface area contributed by atoms with Crippen LogP contribution in [-0.4, -0.2) is 43.9 Å². The Balaban J connectivity index is 2.13. The van der Waals surface area contributed by atoms with E-state index in [0.29, 0.717) is 24.5 Å². The average Bonchev–Trinajstić information content (AvgIpc) is 2.48. The third-order valence-electron chi connectivity index (χ3n) is 2.91. The molecule has 0 aliphatic carbocycles. The predicted octanol–water partition coefficient (Wildman–Crippen LogP) is 0.680. The third kappa shape index (κ3) is 7.53. The van der Waals surface area contributed by atoms with Crippen LogP contribution in [0.25, 0.3) is 0 Å². The number of methoxy groups -OCH3 is 1. The van der Waals surface area contributed by atoms with Crippen molar-refractivity contribution in [3.05, 3.63) is 24.3 Å². The molecule has 21 heavy (non-hydrogen) atoms. The lowest BCUT2D eigenvalue weighted by Gasteiger charge is -2.14. The van der Waals surface area contributed by atoms with E-state index < -0.39 is 6.10 Å². The number of aliphatic hydroxyl groups excluding tert-OH is 1. The van der Waals surface area contributed by atoms with Gasteiger partial charge in [0.1, 0.15) is 12.7 Å². The van der Waals surface area contributed by atoms with Gasteiger partial charge < -0.3 is 25.6 Å². The van der Waals surface area contributed by atoms with Gasteiger partial charge in [0.05, 0.1) is 7.11 Å². The van der Waals surface area contributed by atoms with Gasteiger partial charge in [0.2, 0.25) is 5.91 Å². The second kappa shape index (κ2) is 10.0. The Bertz CT molecular complexity index is 426. The molecule has 0 saturated heterocycles. The van der Waals surface area contributed by atoms with E-state index in [1.54, 1.807) is 19.2 Å². The van der Waals surface area contributed by atoms with Gasteiger partial charge in [0.25, 0.3) is 0 Å². The van der Waals surface area contributed by atoms with E-state index in [0.717, 1.165) is 19.4 Å². The molecule has 6 nitrogen and oxygen atoms in total. The highest BCUT2D eigenvalue weighted by molar-refractivity contribution is 5.73. The van der Waals surface area contributed by atoms with E-state index in [4.69, 9.17) is 15.2 Å². The number of aliphatic hydroxyl groups is 1. The number of primary amides is 1. The molecule has 0 aliphatic rings. The summed E-state index contributed by atoms with van der Waals surface area (Å²) in [6.07, 6.45) is 1.41. The van der Waals surface area contributed by atoms with Crippen LogP contribution in [0, 0.1) is 0 Å². The standard InChI is InChI=1S/C15H24N2O4/c1-20-13-6-2-3-7-14(13)21-11-12(18)10-17-9-5-4-8-15(16)19/h2-3,6-7,12,17-18H,4-5,8-11H2,1H3,(H2,16,19). The lowest BCUT2D eigenvalue weighted by Crippen LogP contribution is -2.32. The number of unbranched alkanes of at least 4 members (excludes halogenated alkanes) is 1. The quantitative estimate of drug-likeness (QED) is 0.522. The molecule has 4 N–H and O–H groups in total. The van der Waals surface area contributed by atoms with Crippen LogP contribution in [0.3, 0.4) is 0 Å². The summed E-state index contributed by atoms with van der Waals surface area (Å²) >= 11 is 0. The van der Waals surface area contributed by atoms with Crippen molar-refractivity contribution in [3.63, 3.8) is 0 Å². The first-order valence-corrected chi connectivity index (χ1v) is 7.06. The van der Waals surface area contributed by atoms with E-state index in [-0.39, 0.29) is 12.5 Å². The topological polar surface area (TPSA) is 93.8 Å². The Hall–Kier alpha value is -1.79. The first-order valence-electron chi connectivity index (χ1n) is 7.06. The van der Waals surface area contributed by atoms with Gasteiger partial charge in [-0.15, -0.1) is 0 Å². The SMILES string of the molecule is COc1ccccc1OCC(O)CNCCCCC(N)=O. The van der Waals surface area contributed by atoms with E-state index in [1.807, 2.05) is 12.1 Å². The lowest BCUT2D eigenvalue weighted by molar-refractivity contribution is -0.118. The van der Waals surface area contributed by atoms with Gasteiger partial charge in [-0.2, -0.15) is 0 Å². The molecule has 1 aromatic rings. The highest BCUT2D eigenvalue weighted by Gasteiger charge is 2.07. The molecule has 0 saturated carbocycles. The fraction of sp³-hybridized carbons (Fsp3) is 0.533. The zero-order valence-corrected chi connectivity index (χ0v) is 12.4. The molecule has 0 spiro atoms. The molecule has 1 amide bonds. The number of carbonyl (C=O) groups excluding carboxylic acids is 1. The van der Waals surface area contributed by atoms with E-state index in [2.05, 4.69) is 5.32 Å². The molecule has 0 radical (unpaired) electrons. The second-order valence-corrected chi connectivity index (χ2v) is 4.74. The fourth-order valence-electron chi connectivity index (χ4n) is 1.80. The first-order chi connectivity index (χ1) is 10.1. The smallest absolute Gasteiger partial charge is 0.217 e. The third-order valence-corrected chi connectivity index (χ3v) is 2.91. The van der Waals surface area contributed by atoms with E-state index >= 15 is 0 Å². The highest BCUT2D eigenvalue weighted by atomic mass is 16.5. The summed E-state index contributed by atoms with van der Waals surface area (Å²) in [6.45, 7) is 1.36. The minimum Gasteiger partial charge on any atom is -0.493 e. The Morgan fingerprint density at radius 2 is 2.05 bits per heavy atom. The van der Waals surface area contributed by atoms with Crippen LogP contribution in [0.2, 0.25) is 0 Å². The van der Waals surface area contributed by atoms with Crippen LogP contribution in [0.1, 0.15) is 19.3 Å². The van der Waals surface area contributed by atoms with Crippen molar-refractivity contribution in [3.8, 4) is 11.5 Å². The van der Waals surface area contributed by atoms with Gasteiger partial charge >= 0.3 is 0 Å². The summed E-state index contributed by atoms with van der Waals surface area (Å²) in [5.41, 5.74) is 5.05. The summed E-state index contributed by atoms with van der Waals surface area (Å²) in [5.74, 6) is 0.977. The molecule has 0 heterocycles. The maximum absolute atomic E-state index is 10.5. The van der Waals surface area contributed by atoms with Gasteiger partial charge in [0, 0.05) is 13.0 Å². The van der Waals surface area contributed by atoms with Crippen LogP contribution in [0.5, 0.6) is 11.5 Å². The Morgan fingerprint density at radius 1 is 1.33 bits per heavy atom. The van der Waals surface area contributed by atoms with Gasteiger partial charge in [-0.05, 0) is 31.5 Å². The summed E-state index contributed by atoms with van der Waals surface area (Å²) in [4.78, 5) is 10.5. The largest absolute Gasteiger partial charge is 0.493 e. The highest BCUT2D eigenvalue weighted by Crippen LogP contribution is 2.25. The molecule has 1 rings (SSSR count). The van der Waals surface area contributed by atoms with Crippen molar-refractivity contribution in [1.29, 1.82) is 0 Å². The molecule has 6 heteroatoms. The number of para-hydroxylation sites is 2. The van der Waals surface area contributed by atoms with E-state index in [1.165, 1.54) is 0 Å². The van der Waals surface area contributed by atoms with Gasteiger partial charge in [0.15, 0.2) is 11.5 Å². The maximum atomic E-state index is 10.5. The van der Waals surface area contributed by atoms with Crippen LogP contribution < -0.4 is 20.5 Å². The van der Waals surface area contributed by atoms with Crippen molar-refractivity contribution in [2.75, 3.05) is 26.8 Å². The van der Waals surface area contributed by atoms with Crippen molar-refractivity contribution >= 4 is 5.91 Å². The number of hydrogen-bond acceptors (Lipinski definition) is 5. The molecule has 1 unspecified atom stereocenters. The van der Waals surface area contributed by atoms with Crippen LogP contribution in [0.15, 0.2) is 24.3 Å². The Morgan fingerprint density at radius 3 is 2.71 bits per heavy atom. The normalized spacial score (nSPS) is 11.9. The van der Waals surface area contributed by atoms with Gasteiger partial charge in [-0.3, -0.25) is 4.79 Å². The molecule has 0 aliphatic heterocycles. The number of ether oxygens (including phenoxy) is 2. The Labute approximate surface area is 125 Å². The first kappa shape index (κ1) is 17.3. The molecule has 0 aromatic heterocycles. The van der Waals surface area contributed by atoms with Crippen molar-refractivity contribution in [2.45, 2.75) is 25.4 Å². The minimum atomic E-state index is -0.606. The number of amides is 1. The molecule has 1 aromatic carbocycles. The number of rotatable bonds is 11. The number of nitrogens with one attached hydrogen (secondary N) is 1. The van der Waals surface area contributed by atoms with Gasteiger partial charge in [-0.1, -0.05) is 12.1 Å². The summed E-state index contributed by atoms with van der Waals surface area (Å²) in [5, 5.41) is 12.9. The molecule has 1 atom stereocenters. The zero-order valence-electron chi connectivity index (χ0n) is 12.4. The number of nitrogens with two attached hydrogens (primary N) is 1. The van der Waals surface area contributed by atoms with Crippen molar-refractivity contribution < 1.29 is 19.4 Å². The molecule has 0 bridgehead atoms. The van der Waals surface area contributed by atoms with Crippen LogP contribution in [-0.2, 0) is 4.79 Å². The lowest BCUT2D eigenvalue weighted by atomic mass is 10.2. The fourth-order valence-corrected chi connectivity index (χ4v) is 1.80. The van der Waals surface area contributed by atoms with Crippen LogP contribution in [0.4, 0.5) is 0 Å². The molecular formula is C15H24N2O4. The summed E-state index contributed by atoms with van der Waals surface area (Å²) in [6, 6.07) is 7.30. The van der Waals surface area contributed by atoms with Gasteiger partial charge in [-0.25, -0.2) is 0 Å².